The fraction of sp³-hybridized carbons (Fsp3) is 0.650. The molecule has 1 N–H and O–H groups in total. The minimum absolute atomic E-state index is 0.0214. The number of likely N-dealkylation sites (tertiary alicyclic amines) is 1. The summed E-state index contributed by atoms with van der Waals surface area (Å²) in [5.74, 6) is 0. The number of urea groups is 1. The molecule has 0 spiro atoms. The average Bonchev–Trinajstić information content (AvgIpc) is 2.90. The molecule has 1 aromatic carbocycles. The summed E-state index contributed by atoms with van der Waals surface area (Å²) in [4.78, 5) is 17.0. The number of nitrogens with zero attached hydrogens (tertiary/aromatic N) is 2. The lowest BCUT2D eigenvalue weighted by Crippen LogP contribution is -2.47. The molecule has 6 heteroatoms. The summed E-state index contributed by atoms with van der Waals surface area (Å²) in [6.07, 6.45) is 5.73. The summed E-state index contributed by atoms with van der Waals surface area (Å²) < 4.78 is 6.00. The van der Waals surface area contributed by atoms with Gasteiger partial charge in [0.2, 0.25) is 0 Å². The van der Waals surface area contributed by atoms with Crippen molar-refractivity contribution in [3.05, 3.63) is 34.9 Å². The van der Waals surface area contributed by atoms with Crippen molar-refractivity contribution in [2.75, 3.05) is 45.9 Å². The summed E-state index contributed by atoms with van der Waals surface area (Å²) in [7, 11) is 0. The van der Waals surface area contributed by atoms with Crippen molar-refractivity contribution < 1.29 is 9.53 Å². The largest absolute Gasteiger partial charge is 0.375 e. The van der Waals surface area contributed by atoms with Gasteiger partial charge in [-0.2, -0.15) is 0 Å². The second kappa shape index (κ2) is 10.1. The molecule has 5 nitrogen and oxygen atoms in total. The fourth-order valence-corrected chi connectivity index (χ4v) is 3.82. The van der Waals surface area contributed by atoms with E-state index in [1.54, 1.807) is 0 Å². The first-order chi connectivity index (χ1) is 12.7. The average molecular weight is 380 g/mol. The number of hydrogen-bond acceptors (Lipinski definition) is 3. The molecule has 0 bridgehead atoms. The molecule has 2 amide bonds. The van der Waals surface area contributed by atoms with Crippen LogP contribution in [0.1, 0.15) is 31.2 Å². The third-order valence-electron chi connectivity index (χ3n) is 5.15. The highest BCUT2D eigenvalue weighted by Gasteiger charge is 2.24. The van der Waals surface area contributed by atoms with Crippen molar-refractivity contribution >= 4 is 17.6 Å². The Kier molecular flexibility index (Phi) is 7.59. The zero-order valence-electron chi connectivity index (χ0n) is 15.5. The smallest absolute Gasteiger partial charge is 0.317 e. The maximum absolute atomic E-state index is 12.6. The van der Waals surface area contributed by atoms with Crippen LogP contribution in [-0.2, 0) is 11.2 Å². The highest BCUT2D eigenvalue weighted by molar-refractivity contribution is 6.30. The number of ether oxygens (including phenoxy) is 1. The molecule has 1 atom stereocenters. The molecule has 2 aliphatic rings. The summed E-state index contributed by atoms with van der Waals surface area (Å²) in [5.41, 5.74) is 1.18. The van der Waals surface area contributed by atoms with E-state index in [1.807, 2.05) is 29.2 Å². The number of rotatable bonds is 5. The zero-order chi connectivity index (χ0) is 18.2. The van der Waals surface area contributed by atoms with Gasteiger partial charge in [-0.3, -0.25) is 0 Å². The number of piperidine rings is 1. The minimum atomic E-state index is 0.0214. The van der Waals surface area contributed by atoms with Crippen molar-refractivity contribution in [1.29, 1.82) is 0 Å². The molecule has 26 heavy (non-hydrogen) atoms. The topological polar surface area (TPSA) is 44.8 Å². The molecule has 0 aliphatic carbocycles. The van der Waals surface area contributed by atoms with Gasteiger partial charge < -0.3 is 19.9 Å². The van der Waals surface area contributed by atoms with Gasteiger partial charge >= 0.3 is 6.03 Å². The van der Waals surface area contributed by atoms with Gasteiger partial charge in [0.25, 0.3) is 0 Å². The van der Waals surface area contributed by atoms with Gasteiger partial charge in [0.05, 0.1) is 6.10 Å². The van der Waals surface area contributed by atoms with Gasteiger partial charge in [-0.15, -0.1) is 0 Å². The molecule has 144 valence electrons. The van der Waals surface area contributed by atoms with Crippen LogP contribution in [0.4, 0.5) is 4.79 Å². The Bertz CT molecular complexity index is 561. The van der Waals surface area contributed by atoms with Crippen LogP contribution in [0, 0.1) is 0 Å². The van der Waals surface area contributed by atoms with Gasteiger partial charge in [0.1, 0.15) is 0 Å². The van der Waals surface area contributed by atoms with E-state index in [0.29, 0.717) is 13.1 Å². The van der Waals surface area contributed by atoms with E-state index >= 15 is 0 Å². The zero-order valence-corrected chi connectivity index (χ0v) is 16.2. The van der Waals surface area contributed by atoms with Crippen molar-refractivity contribution in [3.63, 3.8) is 0 Å². The Morgan fingerprint density at radius 1 is 1.12 bits per heavy atom. The normalized spacial score (nSPS) is 22.0. The van der Waals surface area contributed by atoms with Crippen molar-refractivity contribution in [2.24, 2.45) is 0 Å². The lowest BCUT2D eigenvalue weighted by molar-refractivity contribution is 0.0256. The molecule has 0 aromatic heterocycles. The third-order valence-corrected chi connectivity index (χ3v) is 5.40. The molecule has 2 heterocycles. The van der Waals surface area contributed by atoms with Crippen LogP contribution < -0.4 is 5.32 Å². The van der Waals surface area contributed by atoms with Crippen LogP contribution in [0.2, 0.25) is 5.02 Å². The number of amides is 2. The van der Waals surface area contributed by atoms with E-state index in [1.165, 1.54) is 24.8 Å². The Labute approximate surface area is 161 Å². The van der Waals surface area contributed by atoms with Gasteiger partial charge in [-0.25, -0.2) is 4.79 Å². The lowest BCUT2D eigenvalue weighted by Gasteiger charge is -2.31. The summed E-state index contributed by atoms with van der Waals surface area (Å²) in [5, 5.41) is 3.79. The molecule has 0 saturated carbocycles. The first kappa shape index (κ1) is 19.5. The second-order valence-corrected chi connectivity index (χ2v) is 7.70. The van der Waals surface area contributed by atoms with E-state index in [-0.39, 0.29) is 12.1 Å². The number of benzene rings is 1. The Hall–Kier alpha value is -1.30. The second-order valence-electron chi connectivity index (χ2n) is 7.26. The summed E-state index contributed by atoms with van der Waals surface area (Å²) in [6.45, 7) is 6.09. The van der Waals surface area contributed by atoms with Gasteiger partial charge in [-0.05, 0) is 56.5 Å². The van der Waals surface area contributed by atoms with E-state index in [2.05, 4.69) is 10.2 Å². The molecule has 3 rings (SSSR count). The van der Waals surface area contributed by atoms with Crippen LogP contribution >= 0.6 is 11.6 Å². The summed E-state index contributed by atoms with van der Waals surface area (Å²) in [6, 6.07) is 7.80. The number of hydrogen-bond donors (Lipinski definition) is 1. The van der Waals surface area contributed by atoms with E-state index < -0.39 is 0 Å². The monoisotopic (exact) mass is 379 g/mol. The molecule has 0 radical (unpaired) electrons. The number of halogens is 1. The predicted octanol–water partition coefficient (Wildman–Crippen LogP) is 3.17. The highest BCUT2D eigenvalue weighted by Crippen LogP contribution is 2.13. The fourth-order valence-electron chi connectivity index (χ4n) is 3.70. The molecule has 1 aromatic rings. The van der Waals surface area contributed by atoms with Crippen LogP contribution in [0.3, 0.4) is 0 Å². The minimum Gasteiger partial charge on any atom is -0.375 e. The van der Waals surface area contributed by atoms with Crippen LogP contribution in [-0.4, -0.2) is 67.8 Å². The Morgan fingerprint density at radius 3 is 2.65 bits per heavy atom. The maximum atomic E-state index is 12.6. The van der Waals surface area contributed by atoms with E-state index in [0.717, 1.165) is 50.7 Å². The van der Waals surface area contributed by atoms with Crippen molar-refractivity contribution in [2.45, 2.75) is 38.2 Å². The summed E-state index contributed by atoms with van der Waals surface area (Å²) >= 11 is 5.90. The molecular weight excluding hydrogens is 350 g/mol. The molecular formula is C20H30ClN3O2. The van der Waals surface area contributed by atoms with E-state index in [4.69, 9.17) is 16.3 Å². The molecule has 0 unspecified atom stereocenters. The van der Waals surface area contributed by atoms with Crippen LogP contribution in [0.25, 0.3) is 0 Å². The molecule has 2 fully saturated rings. The quantitative estimate of drug-likeness (QED) is 0.854. The lowest BCUT2D eigenvalue weighted by atomic mass is 10.1. The van der Waals surface area contributed by atoms with Gasteiger partial charge in [-0.1, -0.05) is 30.2 Å². The first-order valence-corrected chi connectivity index (χ1v) is 10.2. The highest BCUT2D eigenvalue weighted by atomic mass is 35.5. The number of carbonyl (C=O) groups excluding carboxylic acids is 1. The van der Waals surface area contributed by atoms with Crippen molar-refractivity contribution in [1.82, 2.24) is 15.1 Å². The number of carbonyl (C=O) groups is 1. The predicted molar refractivity (Wildman–Crippen MR) is 105 cm³/mol. The molecule has 2 aliphatic heterocycles. The SMILES string of the molecule is O=C(NCCc1ccc(Cl)cc1)N1CCCO[C@H](CN2CCCCC2)C1. The Balaban J connectivity index is 1.43. The van der Waals surface area contributed by atoms with Crippen LogP contribution in [0.5, 0.6) is 0 Å². The van der Waals surface area contributed by atoms with Gasteiger partial charge in [0.15, 0.2) is 0 Å². The van der Waals surface area contributed by atoms with Crippen LogP contribution in [0.15, 0.2) is 24.3 Å². The Morgan fingerprint density at radius 2 is 1.88 bits per heavy atom. The maximum Gasteiger partial charge on any atom is 0.317 e. The molecule has 2 saturated heterocycles. The van der Waals surface area contributed by atoms with Crippen molar-refractivity contribution in [3.8, 4) is 0 Å². The first-order valence-electron chi connectivity index (χ1n) is 9.82. The van der Waals surface area contributed by atoms with E-state index in [9.17, 15) is 4.79 Å². The third kappa shape index (κ3) is 6.15. The standard InChI is InChI=1S/C20H30ClN3O2/c21-18-7-5-17(6-8-18)9-10-22-20(25)24-13-4-14-26-19(16-24)15-23-11-2-1-3-12-23/h5-8,19H,1-4,9-16H2,(H,22,25)/t19-/m1/s1. The van der Waals surface area contributed by atoms with Gasteiger partial charge in [0, 0.05) is 37.8 Å². The number of nitrogens with one attached hydrogen (secondary N) is 1.